The molecule has 1 unspecified atom stereocenters. The van der Waals surface area contributed by atoms with Gasteiger partial charge < -0.3 is 10.2 Å². The molecule has 0 aliphatic heterocycles. The van der Waals surface area contributed by atoms with Crippen LogP contribution in [0.3, 0.4) is 0 Å². The number of aliphatic hydroxyl groups is 1. The molecule has 3 N–H and O–H groups in total. The van der Waals surface area contributed by atoms with Crippen LogP contribution in [0.15, 0.2) is 0 Å². The maximum Gasteiger partial charge on any atom is 0.336 e. The Morgan fingerprint density at radius 3 is 2.40 bits per heavy atom. The van der Waals surface area contributed by atoms with Gasteiger partial charge in [-0.2, -0.15) is 0 Å². The summed E-state index contributed by atoms with van der Waals surface area (Å²) >= 11 is 0. The molecule has 15 heavy (non-hydrogen) atoms. The molecule has 0 fully saturated rings. The molecule has 0 aliphatic carbocycles. The Bertz CT molecular complexity index is 309. The van der Waals surface area contributed by atoms with Gasteiger partial charge in [0.25, 0.3) is 0 Å². The molecule has 0 amide bonds. The van der Waals surface area contributed by atoms with Crippen LogP contribution in [0.2, 0.25) is 0 Å². The predicted molar refractivity (Wildman–Crippen MR) is 55.0 cm³/mol. The predicted octanol–water partition coefficient (Wildman–Crippen LogP) is -0.458. The fourth-order valence-electron chi connectivity index (χ4n) is 0.733. The number of unbranched alkanes of at least 4 members (excludes halogenated alkanes) is 1. The summed E-state index contributed by atoms with van der Waals surface area (Å²) in [5.74, 6) is -1.51. The minimum atomic E-state index is -3.48. The van der Waals surface area contributed by atoms with Crippen LogP contribution in [0, 0.1) is 0 Å². The Labute approximate surface area is 89.4 Å². The third-order valence-electron chi connectivity index (χ3n) is 1.86. The second-order valence-electron chi connectivity index (χ2n) is 3.57. The van der Waals surface area contributed by atoms with Crippen molar-refractivity contribution in [1.82, 2.24) is 4.72 Å². The number of rotatable bonds is 7. The first kappa shape index (κ1) is 14.3. The quantitative estimate of drug-likeness (QED) is 0.558. The lowest BCUT2D eigenvalue weighted by Gasteiger charge is -2.18. The highest BCUT2D eigenvalue weighted by molar-refractivity contribution is 7.89. The number of hydrogen-bond donors (Lipinski definition) is 3. The maximum absolute atomic E-state index is 11.2. The minimum absolute atomic E-state index is 0.0564. The van der Waals surface area contributed by atoms with Crippen molar-refractivity contribution in [2.24, 2.45) is 0 Å². The van der Waals surface area contributed by atoms with E-state index in [1.54, 1.807) is 0 Å². The van der Waals surface area contributed by atoms with Gasteiger partial charge in [0.2, 0.25) is 10.0 Å². The monoisotopic (exact) mass is 239 g/mol. The molecule has 0 spiro atoms. The molecule has 0 radical (unpaired) electrons. The van der Waals surface area contributed by atoms with Crippen molar-refractivity contribution in [2.75, 3.05) is 12.3 Å². The molecular formula is C8H17NO5S. The van der Waals surface area contributed by atoms with Crippen molar-refractivity contribution in [1.29, 1.82) is 0 Å². The topological polar surface area (TPSA) is 104 Å². The van der Waals surface area contributed by atoms with E-state index in [2.05, 4.69) is 4.72 Å². The zero-order valence-corrected chi connectivity index (χ0v) is 9.67. The van der Waals surface area contributed by atoms with Crippen molar-refractivity contribution in [3.05, 3.63) is 0 Å². The third kappa shape index (κ3) is 5.71. The van der Waals surface area contributed by atoms with Crippen LogP contribution in [0.1, 0.15) is 26.7 Å². The van der Waals surface area contributed by atoms with E-state index in [9.17, 15) is 18.3 Å². The zero-order chi connectivity index (χ0) is 12.1. The number of nitrogens with one attached hydrogen (secondary N) is 1. The van der Waals surface area contributed by atoms with E-state index < -0.39 is 28.1 Å². The Morgan fingerprint density at radius 1 is 1.47 bits per heavy atom. The van der Waals surface area contributed by atoms with Gasteiger partial charge in [-0.3, -0.25) is 0 Å². The van der Waals surface area contributed by atoms with Crippen molar-refractivity contribution in [3.8, 4) is 0 Å². The molecule has 0 heterocycles. The molecule has 0 aromatic heterocycles. The number of carboxylic acid groups (broad SMARTS) is 1. The summed E-state index contributed by atoms with van der Waals surface area (Å²) in [6, 6.07) is 0. The number of carbonyl (C=O) groups is 1. The second-order valence-corrected chi connectivity index (χ2v) is 5.50. The molecule has 1 atom stereocenters. The molecule has 0 aromatic rings. The van der Waals surface area contributed by atoms with Crippen LogP contribution in [-0.4, -0.2) is 42.5 Å². The normalized spacial score (nSPS) is 15.9. The summed E-state index contributed by atoms with van der Waals surface area (Å²) in [6.07, 6.45) is 1.24. The largest absolute Gasteiger partial charge is 0.479 e. The van der Waals surface area contributed by atoms with Crippen LogP contribution in [0.25, 0.3) is 0 Å². The van der Waals surface area contributed by atoms with Gasteiger partial charge in [-0.05, 0) is 13.3 Å². The van der Waals surface area contributed by atoms with Gasteiger partial charge in [-0.15, -0.1) is 0 Å². The summed E-state index contributed by atoms with van der Waals surface area (Å²) in [6.45, 7) is 2.37. The summed E-state index contributed by atoms with van der Waals surface area (Å²) in [4.78, 5) is 10.5. The zero-order valence-electron chi connectivity index (χ0n) is 8.86. The number of carboxylic acids is 1. The Kier molecular flexibility index (Phi) is 5.19. The average Bonchev–Trinajstić information content (AvgIpc) is 2.12. The van der Waals surface area contributed by atoms with Gasteiger partial charge in [-0.25, -0.2) is 17.9 Å². The molecule has 0 aromatic carbocycles. The highest BCUT2D eigenvalue weighted by Gasteiger charge is 2.31. The number of aliphatic carboxylic acids is 1. The van der Waals surface area contributed by atoms with E-state index in [1.807, 2.05) is 6.92 Å². The van der Waals surface area contributed by atoms with Crippen LogP contribution in [0.4, 0.5) is 0 Å². The first-order valence-corrected chi connectivity index (χ1v) is 6.29. The van der Waals surface area contributed by atoms with E-state index in [0.29, 0.717) is 6.42 Å². The molecule has 6 nitrogen and oxygen atoms in total. The van der Waals surface area contributed by atoms with E-state index in [1.165, 1.54) is 0 Å². The lowest BCUT2D eigenvalue weighted by molar-refractivity contribution is -0.155. The Hall–Kier alpha value is -0.660. The number of hydrogen-bond acceptors (Lipinski definition) is 4. The minimum Gasteiger partial charge on any atom is -0.479 e. The molecule has 0 saturated heterocycles. The summed E-state index contributed by atoms with van der Waals surface area (Å²) in [7, 11) is -3.48. The van der Waals surface area contributed by atoms with E-state index in [0.717, 1.165) is 13.3 Å². The maximum atomic E-state index is 11.2. The van der Waals surface area contributed by atoms with Crippen LogP contribution in [0.5, 0.6) is 0 Å². The lowest BCUT2D eigenvalue weighted by Crippen LogP contribution is -2.46. The van der Waals surface area contributed by atoms with Crippen LogP contribution in [-0.2, 0) is 14.8 Å². The third-order valence-corrected chi connectivity index (χ3v) is 3.27. The van der Waals surface area contributed by atoms with Crippen molar-refractivity contribution in [2.45, 2.75) is 32.3 Å². The van der Waals surface area contributed by atoms with E-state index in [-0.39, 0.29) is 5.75 Å². The standard InChI is InChI=1S/C8H17NO5S/c1-3-4-5-15(13,14)9-6-8(2,12)7(10)11/h9,12H,3-6H2,1-2H3,(H,10,11). The molecular weight excluding hydrogens is 222 g/mol. The van der Waals surface area contributed by atoms with E-state index >= 15 is 0 Å². The first-order valence-electron chi connectivity index (χ1n) is 4.64. The van der Waals surface area contributed by atoms with Crippen LogP contribution < -0.4 is 4.72 Å². The lowest BCUT2D eigenvalue weighted by atomic mass is 10.1. The number of sulfonamides is 1. The van der Waals surface area contributed by atoms with Gasteiger partial charge in [-0.1, -0.05) is 13.3 Å². The summed E-state index contributed by atoms with van der Waals surface area (Å²) in [5, 5.41) is 17.8. The van der Waals surface area contributed by atoms with Crippen molar-refractivity contribution in [3.63, 3.8) is 0 Å². The highest BCUT2D eigenvalue weighted by Crippen LogP contribution is 2.02. The average molecular weight is 239 g/mol. The molecule has 7 heteroatoms. The highest BCUT2D eigenvalue weighted by atomic mass is 32.2. The van der Waals surface area contributed by atoms with Gasteiger partial charge >= 0.3 is 5.97 Å². The van der Waals surface area contributed by atoms with Crippen LogP contribution >= 0.6 is 0 Å². The second kappa shape index (κ2) is 5.43. The van der Waals surface area contributed by atoms with Gasteiger partial charge in [0.15, 0.2) is 5.60 Å². The SMILES string of the molecule is CCCCS(=O)(=O)NCC(C)(O)C(=O)O. The fourth-order valence-corrected chi connectivity index (χ4v) is 2.05. The van der Waals surface area contributed by atoms with E-state index in [4.69, 9.17) is 5.11 Å². The fraction of sp³-hybridized carbons (Fsp3) is 0.875. The van der Waals surface area contributed by atoms with Crippen molar-refractivity contribution >= 4 is 16.0 Å². The molecule has 0 aliphatic rings. The molecule has 0 bridgehead atoms. The van der Waals surface area contributed by atoms with Gasteiger partial charge in [0, 0.05) is 6.54 Å². The molecule has 90 valence electrons. The summed E-state index contributed by atoms with van der Waals surface area (Å²) in [5.41, 5.74) is -2.07. The Balaban J connectivity index is 4.21. The smallest absolute Gasteiger partial charge is 0.336 e. The van der Waals surface area contributed by atoms with Gasteiger partial charge in [0.05, 0.1) is 5.75 Å². The molecule has 0 saturated carbocycles. The van der Waals surface area contributed by atoms with Crippen molar-refractivity contribution < 1.29 is 23.4 Å². The first-order chi connectivity index (χ1) is 6.71. The van der Waals surface area contributed by atoms with Gasteiger partial charge in [0.1, 0.15) is 0 Å². The molecule has 0 rings (SSSR count). The Morgan fingerprint density at radius 2 is 2.00 bits per heavy atom. The summed E-state index contributed by atoms with van der Waals surface area (Å²) < 4.78 is 24.5.